The molecule has 1 heteroatoms. The third kappa shape index (κ3) is 2.91. The van der Waals surface area contributed by atoms with Crippen molar-refractivity contribution < 1.29 is 4.42 Å². The SMILES string of the molecule is CC.Cc1ccc(CC2(C)CC2)o1. The molecule has 0 spiro atoms. The smallest absolute Gasteiger partial charge is 0.104 e. The highest BCUT2D eigenvalue weighted by Gasteiger charge is 2.37. The van der Waals surface area contributed by atoms with Crippen LogP contribution in [0.1, 0.15) is 45.1 Å². The van der Waals surface area contributed by atoms with Crippen molar-refractivity contribution in [1.29, 1.82) is 0 Å². The second-order valence-electron chi connectivity index (χ2n) is 4.00. The molecule has 1 fully saturated rings. The molecule has 0 aromatic carbocycles. The minimum absolute atomic E-state index is 0.574. The molecule has 0 bridgehead atoms. The molecule has 13 heavy (non-hydrogen) atoms. The molecule has 1 aliphatic rings. The van der Waals surface area contributed by atoms with Crippen LogP contribution < -0.4 is 0 Å². The minimum atomic E-state index is 0.574. The van der Waals surface area contributed by atoms with Gasteiger partial charge in [0.05, 0.1) is 0 Å². The van der Waals surface area contributed by atoms with E-state index in [0.717, 1.165) is 17.9 Å². The van der Waals surface area contributed by atoms with Crippen LogP contribution in [-0.4, -0.2) is 0 Å². The highest BCUT2D eigenvalue weighted by molar-refractivity contribution is 5.09. The van der Waals surface area contributed by atoms with Crippen molar-refractivity contribution in [3.05, 3.63) is 23.7 Å². The van der Waals surface area contributed by atoms with E-state index in [1.54, 1.807) is 0 Å². The monoisotopic (exact) mass is 180 g/mol. The number of rotatable bonds is 2. The van der Waals surface area contributed by atoms with E-state index in [4.69, 9.17) is 4.42 Å². The van der Waals surface area contributed by atoms with Crippen LogP contribution in [0.5, 0.6) is 0 Å². The summed E-state index contributed by atoms with van der Waals surface area (Å²) in [6, 6.07) is 4.14. The zero-order chi connectivity index (χ0) is 9.90. The second kappa shape index (κ2) is 3.99. The maximum atomic E-state index is 5.50. The van der Waals surface area contributed by atoms with Crippen LogP contribution in [-0.2, 0) is 6.42 Å². The van der Waals surface area contributed by atoms with E-state index < -0.39 is 0 Å². The van der Waals surface area contributed by atoms with Crippen LogP contribution in [0.4, 0.5) is 0 Å². The number of furan rings is 1. The van der Waals surface area contributed by atoms with Crippen LogP contribution in [0.15, 0.2) is 16.5 Å². The third-order valence-electron chi connectivity index (χ3n) is 2.50. The first-order chi connectivity index (χ1) is 6.18. The van der Waals surface area contributed by atoms with Crippen molar-refractivity contribution in [3.63, 3.8) is 0 Å². The minimum Gasteiger partial charge on any atom is -0.466 e. The molecule has 1 aromatic heterocycles. The summed E-state index contributed by atoms with van der Waals surface area (Å²) in [4.78, 5) is 0. The van der Waals surface area contributed by atoms with Crippen LogP contribution >= 0.6 is 0 Å². The second-order valence-corrected chi connectivity index (χ2v) is 4.00. The molecule has 1 nitrogen and oxygen atoms in total. The maximum absolute atomic E-state index is 5.50. The normalized spacial score (nSPS) is 17.5. The van der Waals surface area contributed by atoms with Crippen molar-refractivity contribution in [2.45, 2.75) is 47.0 Å². The quantitative estimate of drug-likeness (QED) is 0.671. The van der Waals surface area contributed by atoms with Gasteiger partial charge >= 0.3 is 0 Å². The Hall–Kier alpha value is -0.720. The molecule has 1 aromatic rings. The standard InChI is InChI=1S/C10H14O.C2H6/c1-8-3-4-9(11-8)7-10(2)5-6-10;1-2/h3-4H,5-7H2,1-2H3;1-2H3. The Labute approximate surface area is 81.1 Å². The van der Waals surface area contributed by atoms with E-state index >= 15 is 0 Å². The fraction of sp³-hybridized carbons (Fsp3) is 0.667. The van der Waals surface area contributed by atoms with Gasteiger partial charge < -0.3 is 4.42 Å². The van der Waals surface area contributed by atoms with Gasteiger partial charge in [0, 0.05) is 6.42 Å². The lowest BCUT2D eigenvalue weighted by Gasteiger charge is -2.03. The zero-order valence-electron chi connectivity index (χ0n) is 9.18. The highest BCUT2D eigenvalue weighted by atomic mass is 16.3. The van der Waals surface area contributed by atoms with Crippen molar-refractivity contribution in [3.8, 4) is 0 Å². The first-order valence-electron chi connectivity index (χ1n) is 5.23. The van der Waals surface area contributed by atoms with Crippen molar-refractivity contribution >= 4 is 0 Å². The van der Waals surface area contributed by atoms with Gasteiger partial charge in [-0.3, -0.25) is 0 Å². The molecule has 2 rings (SSSR count). The molecule has 0 amide bonds. The average Bonchev–Trinajstić information content (AvgIpc) is 2.69. The molecule has 1 saturated carbocycles. The van der Waals surface area contributed by atoms with Crippen LogP contribution in [0.2, 0.25) is 0 Å². The van der Waals surface area contributed by atoms with Gasteiger partial charge in [-0.05, 0) is 37.3 Å². The van der Waals surface area contributed by atoms with Gasteiger partial charge in [-0.15, -0.1) is 0 Å². The van der Waals surface area contributed by atoms with Crippen molar-refractivity contribution in [1.82, 2.24) is 0 Å². The Morgan fingerprint density at radius 3 is 2.31 bits per heavy atom. The summed E-state index contributed by atoms with van der Waals surface area (Å²) < 4.78 is 5.50. The largest absolute Gasteiger partial charge is 0.466 e. The molecule has 1 aliphatic carbocycles. The summed E-state index contributed by atoms with van der Waals surface area (Å²) >= 11 is 0. The average molecular weight is 180 g/mol. The number of aryl methyl sites for hydroxylation is 1. The topological polar surface area (TPSA) is 13.1 Å². The molecular formula is C12H20O. The van der Waals surface area contributed by atoms with Crippen LogP contribution in [0.25, 0.3) is 0 Å². The molecule has 74 valence electrons. The van der Waals surface area contributed by atoms with E-state index in [2.05, 4.69) is 13.0 Å². The molecule has 0 radical (unpaired) electrons. The molecule has 0 atom stereocenters. The predicted octanol–water partition coefficient (Wildman–Crippen LogP) is 3.96. The number of hydrogen-bond acceptors (Lipinski definition) is 1. The summed E-state index contributed by atoms with van der Waals surface area (Å²) in [5, 5.41) is 0. The van der Waals surface area contributed by atoms with Gasteiger partial charge in [0.25, 0.3) is 0 Å². The Bertz CT molecular complexity index is 256. The van der Waals surface area contributed by atoms with Gasteiger partial charge in [-0.2, -0.15) is 0 Å². The summed E-state index contributed by atoms with van der Waals surface area (Å²) in [5.41, 5.74) is 0.574. The number of hydrogen-bond donors (Lipinski definition) is 0. The Morgan fingerprint density at radius 2 is 1.92 bits per heavy atom. The first kappa shape index (κ1) is 10.4. The summed E-state index contributed by atoms with van der Waals surface area (Å²) in [6.45, 7) is 8.32. The Morgan fingerprint density at radius 1 is 1.31 bits per heavy atom. The van der Waals surface area contributed by atoms with Gasteiger partial charge in [0.2, 0.25) is 0 Å². The van der Waals surface area contributed by atoms with Gasteiger partial charge in [-0.1, -0.05) is 20.8 Å². The lowest BCUT2D eigenvalue weighted by atomic mass is 10.0. The summed E-state index contributed by atoms with van der Waals surface area (Å²) in [5.74, 6) is 2.19. The van der Waals surface area contributed by atoms with Crippen molar-refractivity contribution in [2.75, 3.05) is 0 Å². The third-order valence-corrected chi connectivity index (χ3v) is 2.50. The van der Waals surface area contributed by atoms with E-state index in [-0.39, 0.29) is 0 Å². The zero-order valence-corrected chi connectivity index (χ0v) is 9.18. The van der Waals surface area contributed by atoms with Crippen LogP contribution in [0.3, 0.4) is 0 Å². The Balaban J connectivity index is 0.000000396. The molecule has 0 unspecified atom stereocenters. The van der Waals surface area contributed by atoms with E-state index in [1.165, 1.54) is 12.8 Å². The summed E-state index contributed by atoms with van der Waals surface area (Å²) in [6.07, 6.45) is 3.86. The van der Waals surface area contributed by atoms with Gasteiger partial charge in [0.1, 0.15) is 11.5 Å². The molecule has 0 N–H and O–H groups in total. The lowest BCUT2D eigenvalue weighted by Crippen LogP contribution is -1.96. The van der Waals surface area contributed by atoms with Gasteiger partial charge in [0.15, 0.2) is 0 Å². The highest BCUT2D eigenvalue weighted by Crippen LogP contribution is 2.47. The predicted molar refractivity (Wildman–Crippen MR) is 55.8 cm³/mol. The first-order valence-corrected chi connectivity index (χ1v) is 5.23. The van der Waals surface area contributed by atoms with E-state index in [1.807, 2.05) is 26.8 Å². The van der Waals surface area contributed by atoms with E-state index in [0.29, 0.717) is 5.41 Å². The van der Waals surface area contributed by atoms with Crippen molar-refractivity contribution in [2.24, 2.45) is 5.41 Å². The fourth-order valence-corrected chi connectivity index (χ4v) is 1.39. The molecule has 0 aliphatic heterocycles. The van der Waals surface area contributed by atoms with Gasteiger partial charge in [-0.25, -0.2) is 0 Å². The Kier molecular flexibility index (Phi) is 3.18. The molecule has 0 saturated heterocycles. The maximum Gasteiger partial charge on any atom is 0.104 e. The fourth-order valence-electron chi connectivity index (χ4n) is 1.39. The molecular weight excluding hydrogens is 160 g/mol. The molecule has 1 heterocycles. The van der Waals surface area contributed by atoms with E-state index in [9.17, 15) is 0 Å². The summed E-state index contributed by atoms with van der Waals surface area (Å²) in [7, 11) is 0. The van der Waals surface area contributed by atoms with Crippen LogP contribution in [0, 0.1) is 12.3 Å². The lowest BCUT2D eigenvalue weighted by molar-refractivity contribution is 0.432.